The topological polar surface area (TPSA) is 37.9 Å². The fourth-order valence-corrected chi connectivity index (χ4v) is 2.40. The van der Waals surface area contributed by atoms with E-state index in [1.165, 1.54) is 11.1 Å². The van der Waals surface area contributed by atoms with Crippen molar-refractivity contribution in [3.05, 3.63) is 83.9 Å². The average molecular weight is 292 g/mol. The van der Waals surface area contributed by atoms with Crippen LogP contribution in [0.25, 0.3) is 0 Å². The number of imidazole rings is 1. The lowest BCUT2D eigenvalue weighted by Gasteiger charge is -2.07. The Labute approximate surface area is 131 Å². The number of aromatic amines is 1. The fraction of sp³-hybridized carbons (Fsp3) is 0.211. The van der Waals surface area contributed by atoms with E-state index in [4.69, 9.17) is 4.74 Å². The van der Waals surface area contributed by atoms with Crippen LogP contribution in [0.2, 0.25) is 0 Å². The van der Waals surface area contributed by atoms with Gasteiger partial charge in [0.05, 0.1) is 6.61 Å². The maximum Gasteiger partial charge on any atom is 0.119 e. The molecule has 0 fully saturated rings. The SMILES string of the molecule is c1ccc(Cc2ccc(OCCCc3ncc[nH]3)cc2)cc1. The third kappa shape index (κ3) is 4.22. The Kier molecular flexibility index (Phi) is 4.88. The summed E-state index contributed by atoms with van der Waals surface area (Å²) in [5.41, 5.74) is 2.63. The molecule has 0 aliphatic rings. The van der Waals surface area contributed by atoms with Gasteiger partial charge < -0.3 is 9.72 Å². The lowest BCUT2D eigenvalue weighted by atomic mass is 10.1. The maximum absolute atomic E-state index is 5.77. The number of H-pyrrole nitrogens is 1. The zero-order chi connectivity index (χ0) is 15.0. The van der Waals surface area contributed by atoms with Crippen molar-refractivity contribution < 1.29 is 4.74 Å². The van der Waals surface area contributed by atoms with Crippen LogP contribution in [-0.4, -0.2) is 16.6 Å². The molecule has 3 heteroatoms. The van der Waals surface area contributed by atoms with Gasteiger partial charge in [-0.05, 0) is 36.1 Å². The highest BCUT2D eigenvalue weighted by molar-refractivity contribution is 5.31. The van der Waals surface area contributed by atoms with Gasteiger partial charge in [-0.15, -0.1) is 0 Å². The van der Waals surface area contributed by atoms with Gasteiger partial charge in [-0.1, -0.05) is 42.5 Å². The molecule has 0 aliphatic carbocycles. The van der Waals surface area contributed by atoms with E-state index in [2.05, 4.69) is 46.4 Å². The van der Waals surface area contributed by atoms with Crippen LogP contribution in [0.3, 0.4) is 0 Å². The third-order valence-electron chi connectivity index (χ3n) is 3.56. The summed E-state index contributed by atoms with van der Waals surface area (Å²) in [7, 11) is 0. The number of rotatable bonds is 7. The van der Waals surface area contributed by atoms with Gasteiger partial charge in [0.1, 0.15) is 11.6 Å². The van der Waals surface area contributed by atoms with Crippen LogP contribution < -0.4 is 4.74 Å². The van der Waals surface area contributed by atoms with Crippen molar-refractivity contribution in [1.29, 1.82) is 0 Å². The number of benzene rings is 2. The van der Waals surface area contributed by atoms with E-state index in [0.29, 0.717) is 6.61 Å². The van der Waals surface area contributed by atoms with Crippen molar-refractivity contribution >= 4 is 0 Å². The molecule has 0 saturated carbocycles. The lowest BCUT2D eigenvalue weighted by molar-refractivity contribution is 0.310. The summed E-state index contributed by atoms with van der Waals surface area (Å²) in [6, 6.07) is 18.9. The van der Waals surface area contributed by atoms with Crippen molar-refractivity contribution in [3.63, 3.8) is 0 Å². The number of ether oxygens (including phenoxy) is 1. The van der Waals surface area contributed by atoms with Crippen LogP contribution in [0.4, 0.5) is 0 Å². The summed E-state index contributed by atoms with van der Waals surface area (Å²) in [5, 5.41) is 0. The molecule has 0 saturated heterocycles. The molecule has 0 radical (unpaired) electrons. The van der Waals surface area contributed by atoms with E-state index in [-0.39, 0.29) is 0 Å². The second kappa shape index (κ2) is 7.46. The number of aromatic nitrogens is 2. The predicted octanol–water partition coefficient (Wildman–Crippen LogP) is 4.01. The van der Waals surface area contributed by atoms with E-state index in [1.54, 1.807) is 6.20 Å². The molecule has 0 bridgehead atoms. The predicted molar refractivity (Wildman–Crippen MR) is 88.1 cm³/mol. The van der Waals surface area contributed by atoms with E-state index in [1.807, 2.05) is 24.4 Å². The van der Waals surface area contributed by atoms with Gasteiger partial charge in [-0.2, -0.15) is 0 Å². The zero-order valence-electron chi connectivity index (χ0n) is 12.5. The molecule has 1 heterocycles. The number of aryl methyl sites for hydroxylation is 1. The summed E-state index contributed by atoms with van der Waals surface area (Å²) in [4.78, 5) is 7.30. The van der Waals surface area contributed by atoms with Crippen molar-refractivity contribution in [2.75, 3.05) is 6.61 Å². The van der Waals surface area contributed by atoms with Gasteiger partial charge in [-0.25, -0.2) is 4.98 Å². The Hall–Kier alpha value is -2.55. The van der Waals surface area contributed by atoms with Gasteiger partial charge in [0.25, 0.3) is 0 Å². The zero-order valence-corrected chi connectivity index (χ0v) is 12.5. The number of nitrogens with zero attached hydrogens (tertiary/aromatic N) is 1. The van der Waals surface area contributed by atoms with Crippen LogP contribution in [0.15, 0.2) is 67.0 Å². The molecule has 2 aromatic carbocycles. The molecular weight excluding hydrogens is 272 g/mol. The quantitative estimate of drug-likeness (QED) is 0.668. The van der Waals surface area contributed by atoms with Gasteiger partial charge in [0.2, 0.25) is 0 Å². The molecule has 22 heavy (non-hydrogen) atoms. The standard InChI is InChI=1S/C19H20N2O/c1-2-5-16(6-3-1)15-17-8-10-18(11-9-17)22-14-4-7-19-20-12-13-21-19/h1-3,5-6,8-13H,4,7,14-15H2,(H,20,21). The Morgan fingerprint density at radius 3 is 2.41 bits per heavy atom. The normalized spacial score (nSPS) is 10.5. The molecule has 0 unspecified atom stereocenters. The Morgan fingerprint density at radius 2 is 1.68 bits per heavy atom. The summed E-state index contributed by atoms with van der Waals surface area (Å²) in [6.45, 7) is 0.707. The van der Waals surface area contributed by atoms with Crippen LogP contribution in [0.1, 0.15) is 23.4 Å². The van der Waals surface area contributed by atoms with Gasteiger partial charge in [0, 0.05) is 18.8 Å². The van der Waals surface area contributed by atoms with Gasteiger partial charge in [0.15, 0.2) is 0 Å². The smallest absolute Gasteiger partial charge is 0.119 e. The van der Waals surface area contributed by atoms with E-state index in [0.717, 1.165) is 30.8 Å². The van der Waals surface area contributed by atoms with Gasteiger partial charge in [-0.3, -0.25) is 0 Å². The van der Waals surface area contributed by atoms with Gasteiger partial charge >= 0.3 is 0 Å². The molecule has 3 rings (SSSR count). The monoisotopic (exact) mass is 292 g/mol. The molecule has 1 N–H and O–H groups in total. The minimum absolute atomic E-state index is 0.707. The molecule has 0 aliphatic heterocycles. The molecule has 0 amide bonds. The first-order valence-electron chi connectivity index (χ1n) is 7.64. The minimum atomic E-state index is 0.707. The average Bonchev–Trinajstić information content (AvgIpc) is 3.07. The Morgan fingerprint density at radius 1 is 0.909 bits per heavy atom. The molecule has 0 atom stereocenters. The number of hydrogen-bond acceptors (Lipinski definition) is 2. The first kappa shape index (κ1) is 14.4. The van der Waals surface area contributed by atoms with Crippen LogP contribution in [-0.2, 0) is 12.8 Å². The summed E-state index contributed by atoms with van der Waals surface area (Å²) >= 11 is 0. The Balaban J connectivity index is 1.45. The highest BCUT2D eigenvalue weighted by Crippen LogP contribution is 2.15. The van der Waals surface area contributed by atoms with Crippen molar-refractivity contribution in [2.24, 2.45) is 0 Å². The molecule has 3 nitrogen and oxygen atoms in total. The lowest BCUT2D eigenvalue weighted by Crippen LogP contribution is -2.00. The van der Waals surface area contributed by atoms with E-state index < -0.39 is 0 Å². The van der Waals surface area contributed by atoms with Crippen LogP contribution in [0, 0.1) is 0 Å². The fourth-order valence-electron chi connectivity index (χ4n) is 2.40. The third-order valence-corrected chi connectivity index (χ3v) is 3.56. The minimum Gasteiger partial charge on any atom is -0.494 e. The summed E-state index contributed by atoms with van der Waals surface area (Å²) < 4.78 is 5.77. The first-order chi connectivity index (χ1) is 10.9. The summed E-state index contributed by atoms with van der Waals surface area (Å²) in [5.74, 6) is 1.94. The van der Waals surface area contributed by atoms with Crippen molar-refractivity contribution in [3.8, 4) is 5.75 Å². The second-order valence-corrected chi connectivity index (χ2v) is 5.29. The molecule has 0 spiro atoms. The molecule has 1 aromatic heterocycles. The van der Waals surface area contributed by atoms with E-state index in [9.17, 15) is 0 Å². The highest BCUT2D eigenvalue weighted by Gasteiger charge is 1.99. The largest absolute Gasteiger partial charge is 0.494 e. The first-order valence-corrected chi connectivity index (χ1v) is 7.64. The van der Waals surface area contributed by atoms with Crippen molar-refractivity contribution in [1.82, 2.24) is 9.97 Å². The van der Waals surface area contributed by atoms with Crippen LogP contribution >= 0.6 is 0 Å². The number of nitrogens with one attached hydrogen (secondary N) is 1. The maximum atomic E-state index is 5.77. The Bertz CT molecular complexity index is 660. The molecular formula is C19H20N2O. The molecule has 3 aromatic rings. The van der Waals surface area contributed by atoms with Crippen molar-refractivity contribution in [2.45, 2.75) is 19.3 Å². The second-order valence-electron chi connectivity index (χ2n) is 5.29. The van der Waals surface area contributed by atoms with E-state index >= 15 is 0 Å². The molecule has 112 valence electrons. The highest BCUT2D eigenvalue weighted by atomic mass is 16.5. The summed E-state index contributed by atoms with van der Waals surface area (Å²) in [6.07, 6.45) is 6.46. The number of hydrogen-bond donors (Lipinski definition) is 1. The van der Waals surface area contributed by atoms with Crippen LogP contribution in [0.5, 0.6) is 5.75 Å².